The quantitative estimate of drug-likeness (QED) is 0.663. The van der Waals surface area contributed by atoms with Crippen molar-refractivity contribution in [2.45, 2.75) is 39.2 Å². The zero-order chi connectivity index (χ0) is 9.56. The number of hydrogen-bond acceptors (Lipinski definition) is 4. The molecule has 0 fully saturated rings. The van der Waals surface area contributed by atoms with Crippen molar-refractivity contribution in [1.82, 2.24) is 0 Å². The van der Waals surface area contributed by atoms with Gasteiger partial charge in [0.25, 0.3) is 0 Å². The van der Waals surface area contributed by atoms with E-state index >= 15 is 0 Å². The Hall–Kier alpha value is -0.320. The van der Waals surface area contributed by atoms with Crippen LogP contribution >= 0.6 is 12.4 Å². The maximum Gasteiger partial charge on any atom is 0.341 e. The van der Waals surface area contributed by atoms with Crippen molar-refractivity contribution in [3.8, 4) is 0 Å². The summed E-state index contributed by atoms with van der Waals surface area (Å²) in [6.45, 7) is 4.26. The molecule has 0 aliphatic rings. The average Bonchev–Trinajstić information content (AvgIpc) is 2.02. The molecule has 5 heteroatoms. The minimum atomic E-state index is -0.561. The van der Waals surface area contributed by atoms with Gasteiger partial charge in [0, 0.05) is 0 Å². The predicted octanol–water partition coefficient (Wildman–Crippen LogP) is 0.979. The fourth-order valence-corrected chi connectivity index (χ4v) is 0.951. The van der Waals surface area contributed by atoms with Gasteiger partial charge in [0.15, 0.2) is 0 Å². The average molecular weight is 211 g/mol. The lowest BCUT2D eigenvalue weighted by molar-refractivity contribution is -0.145. The van der Waals surface area contributed by atoms with Gasteiger partial charge in [-0.25, -0.2) is 4.79 Å². The number of carbonyl (C=O) groups excluding carboxylic acids is 1. The Morgan fingerprint density at radius 1 is 1.38 bits per heavy atom. The molecule has 80 valence electrons. The zero-order valence-electron chi connectivity index (χ0n) is 8.16. The minimum absolute atomic E-state index is 0. The predicted molar refractivity (Wildman–Crippen MR) is 54.2 cm³/mol. The molecule has 0 heterocycles. The molecule has 0 aromatic heterocycles. The third-order valence-corrected chi connectivity index (χ3v) is 1.72. The first-order valence-electron chi connectivity index (χ1n) is 4.24. The molecule has 13 heavy (non-hydrogen) atoms. The van der Waals surface area contributed by atoms with Crippen LogP contribution in [-0.4, -0.2) is 12.0 Å². The summed E-state index contributed by atoms with van der Waals surface area (Å²) in [5, 5.41) is 0. The van der Waals surface area contributed by atoms with E-state index in [2.05, 4.69) is 24.6 Å². The van der Waals surface area contributed by atoms with Gasteiger partial charge in [-0.1, -0.05) is 26.7 Å². The van der Waals surface area contributed by atoms with Crippen LogP contribution in [0.5, 0.6) is 0 Å². The summed E-state index contributed by atoms with van der Waals surface area (Å²) in [4.78, 5) is 14.7. The number of rotatable bonds is 5. The summed E-state index contributed by atoms with van der Waals surface area (Å²) in [7, 11) is 0. The second kappa shape index (κ2) is 8.29. The van der Waals surface area contributed by atoms with E-state index in [0.717, 1.165) is 12.8 Å². The van der Waals surface area contributed by atoms with Crippen LogP contribution < -0.4 is 11.6 Å². The van der Waals surface area contributed by atoms with Gasteiger partial charge in [-0.2, -0.15) is 5.90 Å². The minimum Gasteiger partial charge on any atom is -0.372 e. The lowest BCUT2D eigenvalue weighted by Crippen LogP contribution is -2.33. The Labute approximate surface area is 85.4 Å². The van der Waals surface area contributed by atoms with Crippen LogP contribution in [0.4, 0.5) is 0 Å². The van der Waals surface area contributed by atoms with E-state index in [4.69, 9.17) is 5.73 Å². The summed E-state index contributed by atoms with van der Waals surface area (Å²) in [5.41, 5.74) is 5.46. The zero-order valence-corrected chi connectivity index (χ0v) is 8.97. The smallest absolute Gasteiger partial charge is 0.341 e. The third kappa shape index (κ3) is 8.02. The molecule has 1 atom stereocenters. The lowest BCUT2D eigenvalue weighted by Gasteiger charge is -2.08. The van der Waals surface area contributed by atoms with Crippen LogP contribution in [0.2, 0.25) is 0 Å². The van der Waals surface area contributed by atoms with E-state index in [9.17, 15) is 4.79 Å². The molecular formula is C8H19ClN2O2. The fraction of sp³-hybridized carbons (Fsp3) is 0.875. The Morgan fingerprint density at radius 3 is 2.31 bits per heavy atom. The van der Waals surface area contributed by atoms with E-state index in [0.29, 0.717) is 12.3 Å². The fourth-order valence-electron chi connectivity index (χ4n) is 0.951. The first-order chi connectivity index (χ1) is 5.57. The van der Waals surface area contributed by atoms with E-state index < -0.39 is 12.0 Å². The molecule has 0 aromatic rings. The SMILES string of the molecule is CC(C)CCC[C@H](N)C(=O)ON.Cl. The van der Waals surface area contributed by atoms with Crippen LogP contribution in [0.3, 0.4) is 0 Å². The van der Waals surface area contributed by atoms with Gasteiger partial charge in [-0.3, -0.25) is 0 Å². The molecule has 0 rings (SSSR count). The third-order valence-electron chi connectivity index (χ3n) is 1.72. The van der Waals surface area contributed by atoms with Gasteiger partial charge in [0.05, 0.1) is 0 Å². The van der Waals surface area contributed by atoms with Gasteiger partial charge >= 0.3 is 5.97 Å². The van der Waals surface area contributed by atoms with Crippen molar-refractivity contribution in [2.24, 2.45) is 17.5 Å². The Bertz CT molecular complexity index is 142. The van der Waals surface area contributed by atoms with Crippen molar-refractivity contribution >= 4 is 18.4 Å². The molecule has 0 amide bonds. The Morgan fingerprint density at radius 2 is 1.92 bits per heavy atom. The molecule has 0 bridgehead atoms. The summed E-state index contributed by atoms with van der Waals surface area (Å²) in [6, 6.07) is -0.561. The topological polar surface area (TPSA) is 78.3 Å². The van der Waals surface area contributed by atoms with Crippen molar-refractivity contribution in [3.05, 3.63) is 0 Å². The Balaban J connectivity index is 0. The molecule has 0 unspecified atom stereocenters. The summed E-state index contributed by atoms with van der Waals surface area (Å²) < 4.78 is 0. The highest BCUT2D eigenvalue weighted by atomic mass is 35.5. The number of carbonyl (C=O) groups is 1. The highest BCUT2D eigenvalue weighted by molar-refractivity contribution is 5.85. The van der Waals surface area contributed by atoms with E-state index in [1.165, 1.54) is 0 Å². The van der Waals surface area contributed by atoms with Gasteiger partial charge in [0.1, 0.15) is 6.04 Å². The lowest BCUT2D eigenvalue weighted by atomic mass is 10.0. The Kier molecular flexibility index (Phi) is 9.67. The van der Waals surface area contributed by atoms with Gasteiger partial charge in [-0.05, 0) is 12.3 Å². The van der Waals surface area contributed by atoms with Crippen LogP contribution in [-0.2, 0) is 9.63 Å². The number of hydrogen-bond donors (Lipinski definition) is 2. The van der Waals surface area contributed by atoms with Gasteiger partial charge in [0.2, 0.25) is 0 Å². The molecule has 0 saturated heterocycles. The molecule has 4 N–H and O–H groups in total. The van der Waals surface area contributed by atoms with Crippen molar-refractivity contribution in [2.75, 3.05) is 0 Å². The standard InChI is InChI=1S/C8H18N2O2.ClH/c1-6(2)4-3-5-7(9)8(11)12-10;/h6-7H,3-5,9-10H2,1-2H3;1H/t7-;/m0./s1. The molecule has 0 aliphatic heterocycles. The summed E-state index contributed by atoms with van der Waals surface area (Å²) >= 11 is 0. The number of halogens is 1. The van der Waals surface area contributed by atoms with E-state index in [1.54, 1.807) is 0 Å². The molecule has 4 nitrogen and oxygen atoms in total. The highest BCUT2D eigenvalue weighted by Crippen LogP contribution is 2.07. The molecular weight excluding hydrogens is 192 g/mol. The summed E-state index contributed by atoms with van der Waals surface area (Å²) in [5.74, 6) is 4.79. The van der Waals surface area contributed by atoms with Gasteiger partial charge < -0.3 is 10.6 Å². The van der Waals surface area contributed by atoms with Crippen LogP contribution in [0, 0.1) is 5.92 Å². The van der Waals surface area contributed by atoms with Crippen molar-refractivity contribution in [1.29, 1.82) is 0 Å². The van der Waals surface area contributed by atoms with Crippen LogP contribution in [0.1, 0.15) is 33.1 Å². The second-order valence-electron chi connectivity index (χ2n) is 3.37. The molecule has 0 radical (unpaired) electrons. The maximum atomic E-state index is 10.7. The van der Waals surface area contributed by atoms with Gasteiger partial charge in [-0.15, -0.1) is 12.4 Å². The van der Waals surface area contributed by atoms with E-state index in [-0.39, 0.29) is 12.4 Å². The largest absolute Gasteiger partial charge is 0.372 e. The molecule has 0 aromatic carbocycles. The first kappa shape index (κ1) is 15.2. The number of nitrogens with two attached hydrogens (primary N) is 2. The highest BCUT2D eigenvalue weighted by Gasteiger charge is 2.13. The van der Waals surface area contributed by atoms with Crippen LogP contribution in [0.15, 0.2) is 0 Å². The second-order valence-corrected chi connectivity index (χ2v) is 3.37. The molecule has 0 saturated carbocycles. The normalized spacial score (nSPS) is 12.1. The first-order valence-corrected chi connectivity index (χ1v) is 4.24. The molecule has 0 aliphatic carbocycles. The van der Waals surface area contributed by atoms with Crippen LogP contribution in [0.25, 0.3) is 0 Å². The van der Waals surface area contributed by atoms with Crippen molar-refractivity contribution < 1.29 is 9.63 Å². The van der Waals surface area contributed by atoms with Crippen molar-refractivity contribution in [3.63, 3.8) is 0 Å². The maximum absolute atomic E-state index is 10.7. The van der Waals surface area contributed by atoms with E-state index in [1.807, 2.05) is 0 Å². The summed E-state index contributed by atoms with van der Waals surface area (Å²) in [6.07, 6.45) is 2.66. The monoisotopic (exact) mass is 210 g/mol. The molecule has 0 spiro atoms.